The van der Waals surface area contributed by atoms with Gasteiger partial charge in [-0.25, -0.2) is 8.78 Å². The molecular weight excluding hydrogens is 392 g/mol. The van der Waals surface area contributed by atoms with Crippen LogP contribution in [0.15, 0.2) is 12.1 Å². The molecule has 0 aromatic heterocycles. The zero-order chi connectivity index (χ0) is 21.7. The molecule has 2 aliphatic heterocycles. The standard InChI is InChI=1S/C23H33F2NO4/c1-22(2,3)30-20-12-26-8-5-14-9-19(29-13-23(6-7-23)21(24)25)18(28-4)10-15(14)16(26)11-17(20)27/h9-10,16-17,20-21,27H,5-8,11-13H2,1-4H3/t16-,17-,20-/m1/s1. The minimum atomic E-state index is -2.36. The summed E-state index contributed by atoms with van der Waals surface area (Å²) in [5.74, 6) is 1.09. The summed E-state index contributed by atoms with van der Waals surface area (Å²) in [6.07, 6.45) is -0.678. The molecule has 0 radical (unpaired) electrons. The second-order valence-electron chi connectivity index (χ2n) is 9.99. The lowest BCUT2D eigenvalue weighted by atomic mass is 9.84. The number of benzene rings is 1. The number of methoxy groups -OCH3 is 1. The highest BCUT2D eigenvalue weighted by Crippen LogP contribution is 2.51. The van der Waals surface area contributed by atoms with Crippen molar-refractivity contribution in [3.05, 3.63) is 23.3 Å². The number of nitrogens with zero attached hydrogens (tertiary/aromatic N) is 1. The highest BCUT2D eigenvalue weighted by molar-refractivity contribution is 5.50. The Labute approximate surface area is 177 Å². The van der Waals surface area contributed by atoms with Crippen molar-refractivity contribution in [2.24, 2.45) is 5.41 Å². The van der Waals surface area contributed by atoms with Crippen molar-refractivity contribution in [2.75, 3.05) is 26.8 Å². The highest BCUT2D eigenvalue weighted by Gasteiger charge is 2.52. The fourth-order valence-electron chi connectivity index (χ4n) is 4.64. The van der Waals surface area contributed by atoms with Crippen molar-refractivity contribution in [3.8, 4) is 11.5 Å². The van der Waals surface area contributed by atoms with Crippen LogP contribution in [0.5, 0.6) is 11.5 Å². The first-order valence-electron chi connectivity index (χ1n) is 10.8. The van der Waals surface area contributed by atoms with Crippen LogP contribution in [0.3, 0.4) is 0 Å². The predicted molar refractivity (Wildman–Crippen MR) is 109 cm³/mol. The van der Waals surface area contributed by atoms with Gasteiger partial charge in [0.05, 0.1) is 36.9 Å². The zero-order valence-corrected chi connectivity index (χ0v) is 18.3. The van der Waals surface area contributed by atoms with Gasteiger partial charge in [0.1, 0.15) is 0 Å². The lowest BCUT2D eigenvalue weighted by molar-refractivity contribution is -0.149. The second-order valence-corrected chi connectivity index (χ2v) is 9.99. The van der Waals surface area contributed by atoms with Gasteiger partial charge in [-0.1, -0.05) is 0 Å². The fraction of sp³-hybridized carbons (Fsp3) is 0.739. The summed E-state index contributed by atoms with van der Waals surface area (Å²) in [7, 11) is 1.57. The summed E-state index contributed by atoms with van der Waals surface area (Å²) >= 11 is 0. The molecule has 5 nitrogen and oxygen atoms in total. The molecule has 1 aromatic carbocycles. The van der Waals surface area contributed by atoms with E-state index in [1.807, 2.05) is 32.9 Å². The maximum absolute atomic E-state index is 13.2. The Morgan fingerprint density at radius 3 is 2.57 bits per heavy atom. The first kappa shape index (κ1) is 21.8. The van der Waals surface area contributed by atoms with Crippen molar-refractivity contribution in [3.63, 3.8) is 0 Å². The summed E-state index contributed by atoms with van der Waals surface area (Å²) in [6.45, 7) is 7.57. The fourth-order valence-corrected chi connectivity index (χ4v) is 4.64. The molecule has 0 spiro atoms. The van der Waals surface area contributed by atoms with E-state index in [-0.39, 0.29) is 24.4 Å². The maximum Gasteiger partial charge on any atom is 0.247 e. The summed E-state index contributed by atoms with van der Waals surface area (Å²) in [6, 6.07) is 3.99. The number of halogens is 2. The number of piperidine rings is 1. The molecule has 3 aliphatic rings. The Morgan fingerprint density at radius 2 is 1.97 bits per heavy atom. The molecule has 0 amide bonds. The summed E-state index contributed by atoms with van der Waals surface area (Å²) in [5, 5.41) is 10.7. The van der Waals surface area contributed by atoms with Crippen LogP contribution in [0.2, 0.25) is 0 Å². The van der Waals surface area contributed by atoms with Gasteiger partial charge in [0.25, 0.3) is 0 Å². The van der Waals surface area contributed by atoms with Crippen molar-refractivity contribution >= 4 is 0 Å². The Morgan fingerprint density at radius 1 is 1.23 bits per heavy atom. The molecule has 2 heterocycles. The highest BCUT2D eigenvalue weighted by atomic mass is 19.3. The first-order chi connectivity index (χ1) is 14.1. The number of rotatable bonds is 6. The molecule has 7 heteroatoms. The van der Waals surface area contributed by atoms with Gasteiger partial charge < -0.3 is 19.3 Å². The van der Waals surface area contributed by atoms with Crippen LogP contribution >= 0.6 is 0 Å². The van der Waals surface area contributed by atoms with E-state index >= 15 is 0 Å². The number of fused-ring (bicyclic) bond motifs is 3. The number of aliphatic hydroxyl groups is 1. The molecule has 0 bridgehead atoms. The van der Waals surface area contributed by atoms with Crippen LogP contribution in [0.25, 0.3) is 0 Å². The first-order valence-corrected chi connectivity index (χ1v) is 10.8. The lowest BCUT2D eigenvalue weighted by Crippen LogP contribution is -2.53. The lowest BCUT2D eigenvalue weighted by Gasteiger charge is -2.46. The van der Waals surface area contributed by atoms with Gasteiger partial charge in [-0.15, -0.1) is 0 Å². The maximum atomic E-state index is 13.2. The van der Waals surface area contributed by atoms with Crippen molar-refractivity contribution in [1.82, 2.24) is 4.90 Å². The third-order valence-corrected chi connectivity index (χ3v) is 6.58. The van der Waals surface area contributed by atoms with Gasteiger partial charge >= 0.3 is 0 Å². The molecule has 168 valence electrons. The van der Waals surface area contributed by atoms with E-state index < -0.39 is 17.9 Å². The molecule has 1 saturated carbocycles. The Kier molecular flexibility index (Phi) is 5.75. The van der Waals surface area contributed by atoms with E-state index in [2.05, 4.69) is 4.90 Å². The van der Waals surface area contributed by atoms with Crippen LogP contribution in [0, 0.1) is 5.41 Å². The van der Waals surface area contributed by atoms with Crippen LogP contribution < -0.4 is 9.47 Å². The average molecular weight is 426 g/mol. The molecule has 0 unspecified atom stereocenters. The normalized spacial score (nSPS) is 28.1. The van der Waals surface area contributed by atoms with E-state index in [1.165, 1.54) is 0 Å². The largest absolute Gasteiger partial charge is 0.493 e. The summed E-state index contributed by atoms with van der Waals surface area (Å²) in [5.41, 5.74) is 0.955. The van der Waals surface area contributed by atoms with E-state index in [1.54, 1.807) is 7.11 Å². The molecular formula is C23H33F2NO4. The topological polar surface area (TPSA) is 51.2 Å². The van der Waals surface area contributed by atoms with Gasteiger partial charge in [-0.05, 0) is 69.7 Å². The van der Waals surface area contributed by atoms with Crippen LogP contribution in [0.1, 0.15) is 57.2 Å². The molecule has 1 N–H and O–H groups in total. The summed E-state index contributed by atoms with van der Waals surface area (Å²) < 4.78 is 43.9. The zero-order valence-electron chi connectivity index (χ0n) is 18.3. The van der Waals surface area contributed by atoms with Crippen LogP contribution in [0.4, 0.5) is 8.78 Å². The molecule has 1 saturated heterocycles. The number of hydrogen-bond acceptors (Lipinski definition) is 5. The molecule has 4 rings (SSSR count). The molecule has 1 aliphatic carbocycles. The molecule has 3 atom stereocenters. The Hall–Kier alpha value is -1.44. The third kappa shape index (κ3) is 4.30. The van der Waals surface area contributed by atoms with E-state index in [0.29, 0.717) is 37.3 Å². The van der Waals surface area contributed by atoms with Crippen molar-refractivity contribution in [1.29, 1.82) is 0 Å². The van der Waals surface area contributed by atoms with Crippen molar-refractivity contribution in [2.45, 2.75) is 76.7 Å². The second kappa shape index (κ2) is 7.92. The summed E-state index contributed by atoms with van der Waals surface area (Å²) in [4.78, 5) is 2.36. The number of alkyl halides is 2. The van der Waals surface area contributed by atoms with Gasteiger partial charge in [0, 0.05) is 19.1 Å². The quantitative estimate of drug-likeness (QED) is 0.748. The van der Waals surface area contributed by atoms with E-state index in [9.17, 15) is 13.9 Å². The Bertz CT molecular complexity index is 775. The SMILES string of the molecule is COc1cc2c(cc1OCC1(C(F)F)CC1)CCN1C[C@@H](OC(C)(C)C)[C@H](O)C[C@H]21. The minimum Gasteiger partial charge on any atom is -0.493 e. The van der Waals surface area contributed by atoms with Gasteiger partial charge in [0.15, 0.2) is 11.5 Å². The number of aliphatic hydroxyl groups excluding tert-OH is 1. The number of hydrogen-bond donors (Lipinski definition) is 1. The monoisotopic (exact) mass is 425 g/mol. The predicted octanol–water partition coefficient (Wildman–Crippen LogP) is 3.97. The van der Waals surface area contributed by atoms with Gasteiger partial charge in [-0.3, -0.25) is 4.90 Å². The van der Waals surface area contributed by atoms with E-state index in [0.717, 1.165) is 24.1 Å². The van der Waals surface area contributed by atoms with Crippen LogP contribution in [-0.2, 0) is 11.2 Å². The van der Waals surface area contributed by atoms with Gasteiger partial charge in [0.2, 0.25) is 6.43 Å². The Balaban J connectivity index is 1.52. The molecule has 2 fully saturated rings. The van der Waals surface area contributed by atoms with Crippen LogP contribution in [-0.4, -0.2) is 61.0 Å². The third-order valence-electron chi connectivity index (χ3n) is 6.58. The smallest absolute Gasteiger partial charge is 0.247 e. The molecule has 1 aromatic rings. The average Bonchev–Trinajstić information content (AvgIpc) is 3.46. The number of ether oxygens (including phenoxy) is 3. The van der Waals surface area contributed by atoms with Gasteiger partial charge in [-0.2, -0.15) is 0 Å². The minimum absolute atomic E-state index is 0.0138. The molecule has 30 heavy (non-hydrogen) atoms. The van der Waals surface area contributed by atoms with E-state index in [4.69, 9.17) is 14.2 Å². The van der Waals surface area contributed by atoms with Crippen molar-refractivity contribution < 1.29 is 28.1 Å².